The highest BCUT2D eigenvalue weighted by molar-refractivity contribution is 5.99. The van der Waals surface area contributed by atoms with Crippen LogP contribution in [0.1, 0.15) is 33.1 Å². The second-order valence-electron chi connectivity index (χ2n) is 4.38. The van der Waals surface area contributed by atoms with Crippen molar-refractivity contribution in [1.29, 1.82) is 0 Å². The lowest BCUT2D eigenvalue weighted by Gasteiger charge is -2.23. The Bertz CT molecular complexity index is 319. The van der Waals surface area contributed by atoms with Gasteiger partial charge in [-0.3, -0.25) is 9.59 Å². The number of ether oxygens (including phenoxy) is 2. The van der Waals surface area contributed by atoms with Gasteiger partial charge in [0.1, 0.15) is 0 Å². The number of carbonyl (C=O) groups excluding carboxylic acids is 2. The zero-order chi connectivity index (χ0) is 12.3. The number of esters is 2. The summed E-state index contributed by atoms with van der Waals surface area (Å²) in [6.07, 6.45) is 2.52. The molecule has 90 valence electrons. The Kier molecular flexibility index (Phi) is 3.73. The van der Waals surface area contributed by atoms with E-state index in [1.54, 1.807) is 6.92 Å². The largest absolute Gasteiger partial charge is 0.468 e. The van der Waals surface area contributed by atoms with Crippen molar-refractivity contribution in [3.05, 3.63) is 11.1 Å². The molecule has 0 heterocycles. The van der Waals surface area contributed by atoms with Gasteiger partial charge in [0.2, 0.25) is 0 Å². The zero-order valence-electron chi connectivity index (χ0n) is 10.3. The maximum absolute atomic E-state index is 11.7. The van der Waals surface area contributed by atoms with Gasteiger partial charge in [-0.2, -0.15) is 0 Å². The van der Waals surface area contributed by atoms with Crippen LogP contribution in [0.3, 0.4) is 0 Å². The maximum Gasteiger partial charge on any atom is 0.323 e. The number of rotatable bonds is 4. The summed E-state index contributed by atoms with van der Waals surface area (Å²) in [5, 5.41) is 0. The summed E-state index contributed by atoms with van der Waals surface area (Å²) in [5.41, 5.74) is 1.21. The fraction of sp³-hybridized carbons (Fsp3) is 0.667. The van der Waals surface area contributed by atoms with Gasteiger partial charge in [-0.05, 0) is 33.1 Å². The van der Waals surface area contributed by atoms with Gasteiger partial charge in [0, 0.05) is 0 Å². The summed E-state index contributed by atoms with van der Waals surface area (Å²) in [7, 11) is 2.56. The summed E-state index contributed by atoms with van der Waals surface area (Å²) in [4.78, 5) is 23.3. The topological polar surface area (TPSA) is 52.6 Å². The summed E-state index contributed by atoms with van der Waals surface area (Å²) in [6, 6.07) is 0. The Morgan fingerprint density at radius 3 is 1.94 bits per heavy atom. The van der Waals surface area contributed by atoms with Crippen LogP contribution in [0.5, 0.6) is 0 Å². The van der Waals surface area contributed by atoms with Crippen molar-refractivity contribution >= 4 is 11.9 Å². The van der Waals surface area contributed by atoms with Crippen LogP contribution in [0.15, 0.2) is 11.1 Å². The van der Waals surface area contributed by atoms with Crippen molar-refractivity contribution in [2.45, 2.75) is 33.1 Å². The molecule has 0 unspecified atom stereocenters. The predicted octanol–water partition coefficient (Wildman–Crippen LogP) is 1.84. The molecule has 1 fully saturated rings. The molecule has 0 bridgehead atoms. The first-order valence-corrected chi connectivity index (χ1v) is 5.30. The number of carbonyl (C=O) groups is 2. The molecule has 1 aliphatic rings. The lowest BCUT2D eigenvalue weighted by molar-refractivity contribution is -0.167. The maximum atomic E-state index is 11.7. The average molecular weight is 226 g/mol. The summed E-state index contributed by atoms with van der Waals surface area (Å²) >= 11 is 0. The molecule has 0 aromatic heterocycles. The SMILES string of the molecule is COC(=O)C(C)(CC(C)=C1CC1)C(=O)OC. The Morgan fingerprint density at radius 2 is 1.62 bits per heavy atom. The van der Waals surface area contributed by atoms with Crippen molar-refractivity contribution in [2.75, 3.05) is 14.2 Å². The Hall–Kier alpha value is -1.32. The van der Waals surface area contributed by atoms with Crippen LogP contribution in [0.2, 0.25) is 0 Å². The van der Waals surface area contributed by atoms with Crippen LogP contribution in [0.25, 0.3) is 0 Å². The average Bonchev–Trinajstić information content (AvgIpc) is 3.10. The first-order valence-electron chi connectivity index (χ1n) is 5.30. The molecule has 0 aromatic carbocycles. The molecule has 0 radical (unpaired) electrons. The fourth-order valence-electron chi connectivity index (χ4n) is 1.82. The number of allylic oxidation sites excluding steroid dienone is 2. The van der Waals surface area contributed by atoms with E-state index in [0.717, 1.165) is 18.4 Å². The van der Waals surface area contributed by atoms with Crippen LogP contribution in [0, 0.1) is 5.41 Å². The first kappa shape index (κ1) is 12.7. The molecular weight excluding hydrogens is 208 g/mol. The van der Waals surface area contributed by atoms with E-state index in [1.807, 2.05) is 6.92 Å². The highest BCUT2D eigenvalue weighted by Crippen LogP contribution is 2.38. The number of hydrogen-bond acceptors (Lipinski definition) is 4. The molecule has 0 aliphatic heterocycles. The Balaban J connectivity index is 2.90. The van der Waals surface area contributed by atoms with Crippen LogP contribution in [0.4, 0.5) is 0 Å². The minimum Gasteiger partial charge on any atom is -0.468 e. The molecule has 0 atom stereocenters. The van der Waals surface area contributed by atoms with E-state index in [0.29, 0.717) is 6.42 Å². The van der Waals surface area contributed by atoms with Gasteiger partial charge in [-0.25, -0.2) is 0 Å². The van der Waals surface area contributed by atoms with E-state index in [4.69, 9.17) is 0 Å². The van der Waals surface area contributed by atoms with E-state index in [2.05, 4.69) is 9.47 Å². The zero-order valence-corrected chi connectivity index (χ0v) is 10.3. The molecule has 4 heteroatoms. The molecule has 0 saturated heterocycles. The molecular formula is C12H18O4. The van der Waals surface area contributed by atoms with Gasteiger partial charge in [-0.1, -0.05) is 11.1 Å². The second-order valence-corrected chi connectivity index (χ2v) is 4.38. The predicted molar refractivity (Wildman–Crippen MR) is 58.7 cm³/mol. The van der Waals surface area contributed by atoms with Crippen molar-refractivity contribution < 1.29 is 19.1 Å². The van der Waals surface area contributed by atoms with Crippen molar-refractivity contribution in [3.63, 3.8) is 0 Å². The second kappa shape index (κ2) is 4.68. The normalized spacial score (nSPS) is 14.4. The molecule has 1 rings (SSSR count). The number of hydrogen-bond donors (Lipinski definition) is 0. The molecule has 4 nitrogen and oxygen atoms in total. The van der Waals surface area contributed by atoms with E-state index in [-0.39, 0.29) is 0 Å². The minimum absolute atomic E-state index is 0.377. The molecule has 1 saturated carbocycles. The van der Waals surface area contributed by atoms with E-state index >= 15 is 0 Å². The molecule has 1 aliphatic carbocycles. The smallest absolute Gasteiger partial charge is 0.323 e. The Morgan fingerprint density at radius 1 is 1.19 bits per heavy atom. The van der Waals surface area contributed by atoms with Gasteiger partial charge in [0.05, 0.1) is 14.2 Å². The highest BCUT2D eigenvalue weighted by Gasteiger charge is 2.44. The minimum atomic E-state index is -1.22. The lowest BCUT2D eigenvalue weighted by Crippen LogP contribution is -2.38. The van der Waals surface area contributed by atoms with Crippen LogP contribution in [-0.2, 0) is 19.1 Å². The van der Waals surface area contributed by atoms with Crippen LogP contribution < -0.4 is 0 Å². The molecule has 0 N–H and O–H groups in total. The summed E-state index contributed by atoms with van der Waals surface area (Å²) in [6.45, 7) is 3.52. The van der Waals surface area contributed by atoms with Gasteiger partial charge in [0.15, 0.2) is 5.41 Å². The van der Waals surface area contributed by atoms with Crippen molar-refractivity contribution in [3.8, 4) is 0 Å². The Labute approximate surface area is 95.6 Å². The third-order valence-corrected chi connectivity index (χ3v) is 2.99. The standard InChI is InChI=1S/C12H18O4/c1-8(9-5-6-9)7-12(2,10(13)15-3)11(14)16-4/h5-7H2,1-4H3. The van der Waals surface area contributed by atoms with Crippen molar-refractivity contribution in [2.24, 2.45) is 5.41 Å². The van der Waals surface area contributed by atoms with Crippen LogP contribution in [-0.4, -0.2) is 26.2 Å². The number of methoxy groups -OCH3 is 2. The third kappa shape index (κ3) is 2.43. The molecule has 0 spiro atoms. The first-order chi connectivity index (χ1) is 7.45. The van der Waals surface area contributed by atoms with Gasteiger partial charge < -0.3 is 9.47 Å². The summed E-state index contributed by atoms with van der Waals surface area (Å²) in [5.74, 6) is -1.08. The van der Waals surface area contributed by atoms with Gasteiger partial charge in [0.25, 0.3) is 0 Å². The third-order valence-electron chi connectivity index (χ3n) is 2.99. The van der Waals surface area contributed by atoms with Gasteiger partial charge in [-0.15, -0.1) is 0 Å². The lowest BCUT2D eigenvalue weighted by atomic mass is 9.83. The van der Waals surface area contributed by atoms with E-state index in [9.17, 15) is 9.59 Å². The quantitative estimate of drug-likeness (QED) is 0.417. The van der Waals surface area contributed by atoms with Crippen molar-refractivity contribution in [1.82, 2.24) is 0 Å². The van der Waals surface area contributed by atoms with E-state index in [1.165, 1.54) is 19.8 Å². The summed E-state index contributed by atoms with van der Waals surface area (Å²) < 4.78 is 9.35. The highest BCUT2D eigenvalue weighted by atomic mass is 16.5. The molecule has 16 heavy (non-hydrogen) atoms. The van der Waals surface area contributed by atoms with E-state index < -0.39 is 17.4 Å². The van der Waals surface area contributed by atoms with Crippen LogP contribution >= 0.6 is 0 Å². The fourth-order valence-corrected chi connectivity index (χ4v) is 1.82. The molecule has 0 amide bonds. The monoisotopic (exact) mass is 226 g/mol. The molecule has 0 aromatic rings. The van der Waals surface area contributed by atoms with Gasteiger partial charge >= 0.3 is 11.9 Å².